The molecule has 2 aliphatic rings. The Hall–Kier alpha value is -3.79. The van der Waals surface area contributed by atoms with Gasteiger partial charge in [-0.2, -0.15) is 0 Å². The maximum absolute atomic E-state index is 14.9. The number of aromatic amines is 1. The van der Waals surface area contributed by atoms with Crippen LogP contribution in [-0.4, -0.2) is 47.1 Å². The summed E-state index contributed by atoms with van der Waals surface area (Å²) in [5.41, 5.74) is 2.50. The number of hydrogen-bond donors (Lipinski definition) is 3. The van der Waals surface area contributed by atoms with Crippen molar-refractivity contribution in [3.63, 3.8) is 0 Å². The van der Waals surface area contributed by atoms with Crippen molar-refractivity contribution in [3.8, 4) is 11.3 Å². The molecule has 1 saturated heterocycles. The first kappa shape index (κ1) is 25.8. The lowest BCUT2D eigenvalue weighted by molar-refractivity contribution is -0.128. The van der Waals surface area contributed by atoms with Gasteiger partial charge in [-0.05, 0) is 55.4 Å². The summed E-state index contributed by atoms with van der Waals surface area (Å²) in [5.74, 6) is -0.418. The zero-order valence-electron chi connectivity index (χ0n) is 21.4. The number of carbonyl (C=O) groups excluding carboxylic acids is 2. The highest BCUT2D eigenvalue weighted by molar-refractivity contribution is 5.96. The molecular formula is C28H31FN4O5. The number of amides is 2. The Morgan fingerprint density at radius 1 is 1.16 bits per heavy atom. The lowest BCUT2D eigenvalue weighted by atomic mass is 10.0. The van der Waals surface area contributed by atoms with Crippen LogP contribution in [0.25, 0.3) is 11.3 Å². The molecule has 0 radical (unpaired) electrons. The van der Waals surface area contributed by atoms with Crippen LogP contribution in [0.2, 0.25) is 0 Å². The zero-order chi connectivity index (χ0) is 26.8. The molecule has 9 nitrogen and oxygen atoms in total. The molecule has 1 aromatic carbocycles. The van der Waals surface area contributed by atoms with Crippen molar-refractivity contribution in [1.82, 2.24) is 20.6 Å². The van der Waals surface area contributed by atoms with Crippen LogP contribution in [0.3, 0.4) is 0 Å². The number of hydrogen-bond acceptors (Lipinski definition) is 6. The van der Waals surface area contributed by atoms with Crippen LogP contribution in [0.15, 0.2) is 39.5 Å². The van der Waals surface area contributed by atoms with Crippen LogP contribution in [0.4, 0.5) is 4.39 Å². The Kier molecular flexibility index (Phi) is 7.42. The van der Waals surface area contributed by atoms with Gasteiger partial charge < -0.3 is 24.8 Å². The van der Waals surface area contributed by atoms with E-state index < -0.39 is 17.8 Å². The first-order chi connectivity index (χ1) is 18.3. The number of fused-ring (bicyclic) bond motifs is 1. The summed E-state index contributed by atoms with van der Waals surface area (Å²) < 4.78 is 25.7. The summed E-state index contributed by atoms with van der Waals surface area (Å²) in [7, 11) is 0. The lowest BCUT2D eigenvalue weighted by Gasteiger charge is -2.30. The Bertz CT molecular complexity index is 1410. The number of benzene rings is 1. The molecule has 1 fully saturated rings. The Balaban J connectivity index is 1.22. The molecule has 0 saturated carbocycles. The molecule has 2 aromatic heterocycles. The van der Waals surface area contributed by atoms with Gasteiger partial charge in [-0.1, -0.05) is 26.0 Å². The highest BCUT2D eigenvalue weighted by Gasteiger charge is 2.29. The molecule has 3 N–H and O–H groups in total. The largest absolute Gasteiger partial charge is 0.451 e. The second-order valence-electron chi connectivity index (χ2n) is 10.2. The number of H-pyrrole nitrogens is 1. The highest BCUT2D eigenvalue weighted by Crippen LogP contribution is 2.25. The number of aromatic nitrogens is 2. The number of furan rings is 1. The number of rotatable bonds is 9. The van der Waals surface area contributed by atoms with Crippen molar-refractivity contribution >= 4 is 11.8 Å². The third-order valence-corrected chi connectivity index (χ3v) is 7.01. The molecule has 2 amide bonds. The Morgan fingerprint density at radius 3 is 2.68 bits per heavy atom. The molecule has 0 bridgehead atoms. The molecule has 0 spiro atoms. The van der Waals surface area contributed by atoms with Crippen molar-refractivity contribution in [2.45, 2.75) is 58.0 Å². The standard InChI is InChI=1S/C28H31FN4O5/c1-15(2)25(28(36)30-18-13-37-14-18)33-27(35)23-10-9-22(38-23)17-7-6-16(20(29)12-17)8-11-24-31-21-5-3-4-19(21)26(34)32-24/h6-7,9-10,12,15,18,25H,3-5,8,11,13-14H2,1-2H3,(H,30,36)(H,33,35)(H,31,32,34)/t25-/m0/s1. The maximum Gasteiger partial charge on any atom is 0.287 e. The van der Waals surface area contributed by atoms with Crippen LogP contribution in [-0.2, 0) is 35.2 Å². The molecule has 10 heteroatoms. The van der Waals surface area contributed by atoms with Gasteiger partial charge in [0, 0.05) is 17.5 Å². The molecule has 0 unspecified atom stereocenters. The Labute approximate surface area is 219 Å². The monoisotopic (exact) mass is 522 g/mol. The van der Waals surface area contributed by atoms with E-state index in [1.54, 1.807) is 18.2 Å². The van der Waals surface area contributed by atoms with E-state index in [0.717, 1.165) is 30.5 Å². The number of ether oxygens (including phenoxy) is 1. The first-order valence-electron chi connectivity index (χ1n) is 13.0. The van der Waals surface area contributed by atoms with E-state index in [-0.39, 0.29) is 29.2 Å². The quantitative estimate of drug-likeness (QED) is 0.397. The van der Waals surface area contributed by atoms with E-state index in [2.05, 4.69) is 20.6 Å². The minimum atomic E-state index is -0.733. The number of carbonyl (C=O) groups is 2. The van der Waals surface area contributed by atoms with Gasteiger partial charge >= 0.3 is 0 Å². The first-order valence-corrected chi connectivity index (χ1v) is 13.0. The van der Waals surface area contributed by atoms with Crippen molar-refractivity contribution in [2.24, 2.45) is 5.92 Å². The van der Waals surface area contributed by atoms with Gasteiger partial charge in [-0.3, -0.25) is 14.4 Å². The van der Waals surface area contributed by atoms with E-state index in [1.165, 1.54) is 12.1 Å². The third kappa shape index (κ3) is 5.55. The second-order valence-corrected chi connectivity index (χ2v) is 10.2. The topological polar surface area (TPSA) is 126 Å². The van der Waals surface area contributed by atoms with Gasteiger partial charge in [-0.15, -0.1) is 0 Å². The van der Waals surface area contributed by atoms with Crippen molar-refractivity contribution in [3.05, 3.63) is 74.9 Å². The van der Waals surface area contributed by atoms with Crippen LogP contribution >= 0.6 is 0 Å². The van der Waals surface area contributed by atoms with Gasteiger partial charge in [0.15, 0.2) is 5.76 Å². The number of aryl methyl sites for hydroxylation is 3. The number of nitrogens with one attached hydrogen (secondary N) is 3. The van der Waals surface area contributed by atoms with Crippen molar-refractivity contribution < 1.29 is 23.1 Å². The maximum atomic E-state index is 14.9. The second kappa shape index (κ2) is 10.9. The predicted molar refractivity (Wildman–Crippen MR) is 137 cm³/mol. The van der Waals surface area contributed by atoms with Gasteiger partial charge in [0.25, 0.3) is 11.5 Å². The molecule has 5 rings (SSSR count). The molecular weight excluding hydrogens is 491 g/mol. The summed E-state index contributed by atoms with van der Waals surface area (Å²) in [6.45, 7) is 4.62. The molecule has 1 aliphatic carbocycles. The minimum absolute atomic E-state index is 0.0292. The molecule has 3 aromatic rings. The van der Waals surface area contributed by atoms with Crippen molar-refractivity contribution in [2.75, 3.05) is 13.2 Å². The summed E-state index contributed by atoms with van der Waals surface area (Å²) in [4.78, 5) is 45.0. The predicted octanol–water partition coefficient (Wildman–Crippen LogP) is 2.71. The highest BCUT2D eigenvalue weighted by atomic mass is 19.1. The zero-order valence-corrected chi connectivity index (χ0v) is 21.4. The van der Waals surface area contributed by atoms with Gasteiger partial charge in [-0.25, -0.2) is 9.37 Å². The van der Waals surface area contributed by atoms with Gasteiger partial charge in [0.2, 0.25) is 5.91 Å². The van der Waals surface area contributed by atoms with Crippen LogP contribution in [0, 0.1) is 11.7 Å². The average Bonchev–Trinajstić information content (AvgIpc) is 3.54. The van der Waals surface area contributed by atoms with E-state index >= 15 is 0 Å². The molecule has 200 valence electrons. The molecule has 3 heterocycles. The van der Waals surface area contributed by atoms with E-state index in [0.29, 0.717) is 48.8 Å². The van der Waals surface area contributed by atoms with E-state index in [1.807, 2.05) is 13.8 Å². The average molecular weight is 523 g/mol. The summed E-state index contributed by atoms with van der Waals surface area (Å²) in [6.07, 6.45) is 3.30. The van der Waals surface area contributed by atoms with Crippen LogP contribution < -0.4 is 16.2 Å². The molecule has 38 heavy (non-hydrogen) atoms. The smallest absolute Gasteiger partial charge is 0.287 e. The lowest BCUT2D eigenvalue weighted by Crippen LogP contribution is -2.56. The fourth-order valence-electron chi connectivity index (χ4n) is 4.74. The van der Waals surface area contributed by atoms with Crippen molar-refractivity contribution in [1.29, 1.82) is 0 Å². The van der Waals surface area contributed by atoms with Gasteiger partial charge in [0.1, 0.15) is 23.4 Å². The summed E-state index contributed by atoms with van der Waals surface area (Å²) in [5, 5.41) is 5.59. The molecule has 1 aliphatic heterocycles. The number of nitrogens with zero attached hydrogens (tertiary/aromatic N) is 1. The minimum Gasteiger partial charge on any atom is -0.451 e. The van der Waals surface area contributed by atoms with E-state index in [9.17, 15) is 18.8 Å². The summed E-state index contributed by atoms with van der Waals surface area (Å²) >= 11 is 0. The third-order valence-electron chi connectivity index (χ3n) is 7.01. The fraction of sp³-hybridized carbons (Fsp3) is 0.429. The fourth-order valence-corrected chi connectivity index (χ4v) is 4.74. The van der Waals surface area contributed by atoms with Gasteiger partial charge in [0.05, 0.1) is 24.9 Å². The van der Waals surface area contributed by atoms with E-state index in [4.69, 9.17) is 9.15 Å². The SMILES string of the molecule is CC(C)[C@H](NC(=O)c1ccc(-c2ccc(CCc3nc4c(c(=O)[nH]3)CCC4)c(F)c2)o1)C(=O)NC1COC1. The normalized spacial score (nSPS) is 15.7. The number of halogens is 1. The van der Waals surface area contributed by atoms with Crippen LogP contribution in [0.5, 0.6) is 0 Å². The van der Waals surface area contributed by atoms with Crippen LogP contribution in [0.1, 0.15) is 53.5 Å². The molecule has 1 atom stereocenters. The Morgan fingerprint density at radius 2 is 1.97 bits per heavy atom. The summed E-state index contributed by atoms with van der Waals surface area (Å²) in [6, 6.07) is 7.08.